The van der Waals surface area contributed by atoms with Crippen LogP contribution in [0.2, 0.25) is 0 Å². The van der Waals surface area contributed by atoms with Gasteiger partial charge in [0.25, 0.3) is 5.91 Å². The van der Waals surface area contributed by atoms with Crippen molar-refractivity contribution in [3.63, 3.8) is 0 Å². The Balaban J connectivity index is 2.03. The normalized spacial score (nSPS) is 10.3. The predicted molar refractivity (Wildman–Crippen MR) is 86.4 cm³/mol. The molecule has 120 valence electrons. The third kappa shape index (κ3) is 4.64. The molecule has 23 heavy (non-hydrogen) atoms. The van der Waals surface area contributed by atoms with Crippen molar-refractivity contribution in [1.82, 2.24) is 0 Å². The van der Waals surface area contributed by atoms with Gasteiger partial charge < -0.3 is 10.1 Å². The summed E-state index contributed by atoms with van der Waals surface area (Å²) in [5.41, 5.74) is 2.88. The highest BCUT2D eigenvalue weighted by molar-refractivity contribution is 5.97. The minimum Gasteiger partial charge on any atom is -0.483 e. The van der Waals surface area contributed by atoms with Crippen molar-refractivity contribution in [2.45, 2.75) is 20.8 Å². The Kier molecular flexibility index (Phi) is 5.11. The average Bonchev–Trinajstić information content (AvgIpc) is 2.44. The number of carbonyl (C=O) groups is 2. The van der Waals surface area contributed by atoms with Crippen LogP contribution in [0.3, 0.4) is 0 Å². The molecular weight excluding hydrogens is 297 g/mol. The van der Waals surface area contributed by atoms with E-state index in [1.54, 1.807) is 0 Å². The zero-order chi connectivity index (χ0) is 17.0. The molecule has 0 radical (unpaired) electrons. The molecular formula is C18H18FNO3. The molecule has 0 saturated heterocycles. The third-order valence-electron chi connectivity index (χ3n) is 3.19. The largest absolute Gasteiger partial charge is 0.483 e. The van der Waals surface area contributed by atoms with E-state index in [0.717, 1.165) is 17.2 Å². The number of ketones is 1. The number of hydrogen-bond donors (Lipinski definition) is 1. The van der Waals surface area contributed by atoms with E-state index >= 15 is 0 Å². The molecule has 0 bridgehead atoms. The summed E-state index contributed by atoms with van der Waals surface area (Å²) in [4.78, 5) is 23.4. The van der Waals surface area contributed by atoms with Gasteiger partial charge in [0.15, 0.2) is 12.4 Å². The number of aryl methyl sites for hydroxylation is 2. The second kappa shape index (κ2) is 7.05. The Morgan fingerprint density at radius 2 is 1.74 bits per heavy atom. The van der Waals surface area contributed by atoms with Crippen molar-refractivity contribution >= 4 is 17.4 Å². The summed E-state index contributed by atoms with van der Waals surface area (Å²) in [6.07, 6.45) is 0. The van der Waals surface area contributed by atoms with E-state index in [2.05, 4.69) is 5.32 Å². The van der Waals surface area contributed by atoms with Crippen LogP contribution in [0.4, 0.5) is 10.1 Å². The molecule has 1 N–H and O–H groups in total. The molecule has 2 aromatic rings. The maximum Gasteiger partial charge on any atom is 0.262 e. The molecule has 0 aromatic heterocycles. The van der Waals surface area contributed by atoms with Crippen LogP contribution in [0.5, 0.6) is 5.75 Å². The maximum absolute atomic E-state index is 13.2. The van der Waals surface area contributed by atoms with Crippen LogP contribution in [0.15, 0.2) is 36.4 Å². The maximum atomic E-state index is 13.2. The Bertz CT molecular complexity index is 736. The van der Waals surface area contributed by atoms with Crippen LogP contribution >= 0.6 is 0 Å². The van der Waals surface area contributed by atoms with Gasteiger partial charge in [-0.2, -0.15) is 0 Å². The van der Waals surface area contributed by atoms with Gasteiger partial charge in [-0.05, 0) is 62.2 Å². The molecule has 5 heteroatoms. The van der Waals surface area contributed by atoms with Gasteiger partial charge in [-0.1, -0.05) is 6.07 Å². The van der Waals surface area contributed by atoms with E-state index in [1.165, 1.54) is 19.1 Å². The minimum atomic E-state index is -0.526. The van der Waals surface area contributed by atoms with Gasteiger partial charge in [-0.15, -0.1) is 0 Å². The number of carbonyl (C=O) groups excluding carboxylic acids is 2. The highest BCUT2D eigenvalue weighted by Crippen LogP contribution is 2.20. The number of nitrogens with one attached hydrogen (secondary N) is 1. The molecule has 2 aromatic carbocycles. The zero-order valence-corrected chi connectivity index (χ0v) is 13.3. The number of benzene rings is 2. The first-order valence-corrected chi connectivity index (χ1v) is 7.16. The Hall–Kier alpha value is -2.69. The van der Waals surface area contributed by atoms with Crippen molar-refractivity contribution in [3.8, 4) is 5.75 Å². The molecule has 1 amide bonds. The number of anilines is 1. The Labute approximate surface area is 134 Å². The first kappa shape index (κ1) is 16.7. The zero-order valence-electron chi connectivity index (χ0n) is 13.3. The van der Waals surface area contributed by atoms with Crippen LogP contribution in [-0.4, -0.2) is 18.3 Å². The third-order valence-corrected chi connectivity index (χ3v) is 3.19. The van der Waals surface area contributed by atoms with Crippen LogP contribution in [-0.2, 0) is 4.79 Å². The summed E-state index contributed by atoms with van der Waals surface area (Å²) in [6, 6.07) is 9.33. The summed E-state index contributed by atoms with van der Waals surface area (Å²) in [5.74, 6) is -1.01. The molecule has 0 atom stereocenters. The lowest BCUT2D eigenvalue weighted by Gasteiger charge is -2.11. The van der Waals surface area contributed by atoms with Crippen LogP contribution < -0.4 is 10.1 Å². The fourth-order valence-corrected chi connectivity index (χ4v) is 2.29. The van der Waals surface area contributed by atoms with E-state index < -0.39 is 5.82 Å². The van der Waals surface area contributed by atoms with Gasteiger partial charge in [0.2, 0.25) is 0 Å². The van der Waals surface area contributed by atoms with Gasteiger partial charge in [0.1, 0.15) is 11.6 Å². The summed E-state index contributed by atoms with van der Waals surface area (Å²) >= 11 is 0. The average molecular weight is 315 g/mol. The SMILES string of the molecule is CC(=O)c1cc(F)ccc1OCC(=O)Nc1cc(C)cc(C)c1. The summed E-state index contributed by atoms with van der Waals surface area (Å²) < 4.78 is 18.5. The predicted octanol–water partition coefficient (Wildman–Crippen LogP) is 3.66. The minimum absolute atomic E-state index is 0.115. The number of rotatable bonds is 5. The van der Waals surface area contributed by atoms with Crippen LogP contribution in [0.25, 0.3) is 0 Å². The quantitative estimate of drug-likeness (QED) is 0.857. The molecule has 0 spiro atoms. The molecule has 0 aliphatic heterocycles. The van der Waals surface area contributed by atoms with Gasteiger partial charge in [-0.25, -0.2) is 4.39 Å². The van der Waals surface area contributed by atoms with Crippen LogP contribution in [0, 0.1) is 19.7 Å². The van der Waals surface area contributed by atoms with E-state index in [1.807, 2.05) is 32.0 Å². The van der Waals surface area contributed by atoms with Gasteiger partial charge in [-0.3, -0.25) is 9.59 Å². The number of Topliss-reactive ketones (excluding diaryl/α,β-unsaturated/α-hetero) is 1. The number of amides is 1. The lowest BCUT2D eigenvalue weighted by atomic mass is 10.1. The van der Waals surface area contributed by atoms with E-state index in [4.69, 9.17) is 4.74 Å². The smallest absolute Gasteiger partial charge is 0.262 e. The Morgan fingerprint density at radius 1 is 1.09 bits per heavy atom. The fraction of sp³-hybridized carbons (Fsp3) is 0.222. The van der Waals surface area contributed by atoms with E-state index in [0.29, 0.717) is 5.69 Å². The van der Waals surface area contributed by atoms with Crippen molar-refractivity contribution in [2.75, 3.05) is 11.9 Å². The van der Waals surface area contributed by atoms with Crippen molar-refractivity contribution in [2.24, 2.45) is 0 Å². The molecule has 0 unspecified atom stereocenters. The first-order chi connectivity index (χ1) is 10.8. The molecule has 4 nitrogen and oxygen atoms in total. The summed E-state index contributed by atoms with van der Waals surface area (Å²) in [6.45, 7) is 4.93. The van der Waals surface area contributed by atoms with Crippen molar-refractivity contribution in [3.05, 3.63) is 58.9 Å². The molecule has 0 saturated carbocycles. The number of ether oxygens (including phenoxy) is 1. The highest BCUT2D eigenvalue weighted by Gasteiger charge is 2.12. The van der Waals surface area contributed by atoms with E-state index in [9.17, 15) is 14.0 Å². The van der Waals surface area contributed by atoms with Crippen LogP contribution in [0.1, 0.15) is 28.4 Å². The standard InChI is InChI=1S/C18H18FNO3/c1-11-6-12(2)8-15(7-11)20-18(22)10-23-17-5-4-14(19)9-16(17)13(3)21/h4-9H,10H2,1-3H3,(H,20,22). The van der Waals surface area contributed by atoms with Gasteiger partial charge >= 0.3 is 0 Å². The Morgan fingerprint density at radius 3 is 2.35 bits per heavy atom. The second-order valence-electron chi connectivity index (χ2n) is 5.41. The lowest BCUT2D eigenvalue weighted by molar-refractivity contribution is -0.118. The first-order valence-electron chi connectivity index (χ1n) is 7.16. The van der Waals surface area contributed by atoms with Gasteiger partial charge in [0.05, 0.1) is 5.56 Å². The molecule has 0 heterocycles. The molecule has 0 fully saturated rings. The highest BCUT2D eigenvalue weighted by atomic mass is 19.1. The van der Waals surface area contributed by atoms with E-state index in [-0.39, 0.29) is 29.6 Å². The van der Waals surface area contributed by atoms with Gasteiger partial charge in [0, 0.05) is 5.69 Å². The molecule has 2 rings (SSSR count). The number of hydrogen-bond acceptors (Lipinski definition) is 3. The summed E-state index contributed by atoms with van der Waals surface area (Å²) in [7, 11) is 0. The summed E-state index contributed by atoms with van der Waals surface area (Å²) in [5, 5.41) is 2.73. The molecule has 0 aliphatic rings. The molecule has 0 aliphatic carbocycles. The van der Waals surface area contributed by atoms with Crippen molar-refractivity contribution in [1.29, 1.82) is 0 Å². The topological polar surface area (TPSA) is 55.4 Å². The lowest BCUT2D eigenvalue weighted by Crippen LogP contribution is -2.21. The van der Waals surface area contributed by atoms with Crippen molar-refractivity contribution < 1.29 is 18.7 Å². The monoisotopic (exact) mass is 315 g/mol. The fourth-order valence-electron chi connectivity index (χ4n) is 2.29. The second-order valence-corrected chi connectivity index (χ2v) is 5.41. The number of halogens is 1.